The summed E-state index contributed by atoms with van der Waals surface area (Å²) in [5, 5.41) is 3.15. The number of aromatic nitrogens is 2. The zero-order valence-corrected chi connectivity index (χ0v) is 13.1. The summed E-state index contributed by atoms with van der Waals surface area (Å²) in [7, 11) is 6.10. The minimum Gasteiger partial charge on any atom is -0.373 e. The minimum absolute atomic E-state index is 0.816. The van der Waals surface area contributed by atoms with E-state index in [1.165, 1.54) is 0 Å². The van der Waals surface area contributed by atoms with E-state index in [0.29, 0.717) is 0 Å². The van der Waals surface area contributed by atoms with Gasteiger partial charge in [0.15, 0.2) is 0 Å². The van der Waals surface area contributed by atoms with Crippen LogP contribution < -0.4 is 10.2 Å². The molecular weight excluding hydrogens is 238 g/mol. The van der Waals surface area contributed by atoms with Crippen molar-refractivity contribution < 1.29 is 0 Å². The largest absolute Gasteiger partial charge is 0.373 e. The number of anilines is 2. The van der Waals surface area contributed by atoms with E-state index in [9.17, 15) is 0 Å². The topological polar surface area (TPSA) is 44.3 Å². The maximum atomic E-state index is 4.63. The number of hydrogen-bond donors (Lipinski definition) is 1. The van der Waals surface area contributed by atoms with Crippen molar-refractivity contribution in [2.24, 2.45) is 0 Å². The average Bonchev–Trinajstić information content (AvgIpc) is 2.36. The van der Waals surface area contributed by atoms with Crippen molar-refractivity contribution in [1.29, 1.82) is 0 Å². The zero-order valence-electron chi connectivity index (χ0n) is 13.1. The van der Waals surface area contributed by atoms with Gasteiger partial charge in [0.1, 0.15) is 17.5 Å². The van der Waals surface area contributed by atoms with Crippen LogP contribution in [-0.4, -0.2) is 55.6 Å². The van der Waals surface area contributed by atoms with E-state index >= 15 is 0 Å². The van der Waals surface area contributed by atoms with Crippen molar-refractivity contribution >= 4 is 11.6 Å². The maximum Gasteiger partial charge on any atom is 0.137 e. The third kappa shape index (κ3) is 4.35. The Hall–Kier alpha value is -1.36. The van der Waals surface area contributed by atoms with Crippen LogP contribution in [0.2, 0.25) is 0 Å². The Kier molecular flexibility index (Phi) is 6.02. The van der Waals surface area contributed by atoms with Crippen LogP contribution in [-0.2, 0) is 0 Å². The highest BCUT2D eigenvalue weighted by Crippen LogP contribution is 2.23. The smallest absolute Gasteiger partial charge is 0.137 e. The van der Waals surface area contributed by atoms with Crippen molar-refractivity contribution in [3.05, 3.63) is 11.4 Å². The van der Waals surface area contributed by atoms with Gasteiger partial charge in [-0.15, -0.1) is 0 Å². The minimum atomic E-state index is 0.816. The fourth-order valence-electron chi connectivity index (χ4n) is 2.08. The van der Waals surface area contributed by atoms with E-state index in [0.717, 1.165) is 49.1 Å². The molecule has 0 aromatic carbocycles. The first-order valence-electron chi connectivity index (χ1n) is 6.92. The SMILES string of the molecule is CCCN(CCN(C)C)c1nc(C)nc(NC)c1C. The first-order chi connectivity index (χ1) is 8.99. The Morgan fingerprint density at radius 3 is 2.26 bits per heavy atom. The summed E-state index contributed by atoms with van der Waals surface area (Å²) in [5.41, 5.74) is 1.13. The molecule has 0 aliphatic heterocycles. The molecule has 0 amide bonds. The van der Waals surface area contributed by atoms with Gasteiger partial charge in [-0.25, -0.2) is 9.97 Å². The molecule has 108 valence electrons. The molecule has 0 saturated carbocycles. The lowest BCUT2D eigenvalue weighted by Crippen LogP contribution is -2.33. The van der Waals surface area contributed by atoms with Crippen molar-refractivity contribution in [3.63, 3.8) is 0 Å². The Bertz CT molecular complexity index is 403. The average molecular weight is 265 g/mol. The van der Waals surface area contributed by atoms with Crippen molar-refractivity contribution in [2.75, 3.05) is 51.0 Å². The second kappa shape index (κ2) is 7.28. The monoisotopic (exact) mass is 265 g/mol. The van der Waals surface area contributed by atoms with Crippen molar-refractivity contribution in [3.8, 4) is 0 Å². The van der Waals surface area contributed by atoms with Gasteiger partial charge in [-0.2, -0.15) is 0 Å². The lowest BCUT2D eigenvalue weighted by Gasteiger charge is -2.27. The molecule has 5 heteroatoms. The molecule has 1 rings (SSSR count). The summed E-state index contributed by atoms with van der Waals surface area (Å²) in [6.45, 7) is 9.26. The van der Waals surface area contributed by atoms with Crippen LogP contribution in [0.3, 0.4) is 0 Å². The third-order valence-corrected chi connectivity index (χ3v) is 3.08. The van der Waals surface area contributed by atoms with Gasteiger partial charge in [0, 0.05) is 32.2 Å². The second-order valence-corrected chi connectivity index (χ2v) is 5.11. The standard InChI is InChI=1S/C14H27N5/c1-7-8-19(10-9-18(5)6)14-11(2)13(15-4)16-12(3)17-14/h7-10H2,1-6H3,(H,15,16,17). The third-order valence-electron chi connectivity index (χ3n) is 3.08. The van der Waals surface area contributed by atoms with E-state index in [4.69, 9.17) is 0 Å². The van der Waals surface area contributed by atoms with Crippen LogP contribution in [0.4, 0.5) is 11.6 Å². The van der Waals surface area contributed by atoms with Crippen LogP contribution >= 0.6 is 0 Å². The maximum absolute atomic E-state index is 4.63. The van der Waals surface area contributed by atoms with Gasteiger partial charge in [-0.05, 0) is 34.4 Å². The van der Waals surface area contributed by atoms with E-state index in [1.807, 2.05) is 14.0 Å². The summed E-state index contributed by atoms with van der Waals surface area (Å²) in [6.07, 6.45) is 1.12. The lowest BCUT2D eigenvalue weighted by atomic mass is 10.2. The van der Waals surface area contributed by atoms with Gasteiger partial charge in [0.2, 0.25) is 0 Å². The summed E-state index contributed by atoms with van der Waals surface area (Å²) < 4.78 is 0. The molecule has 1 aromatic rings. The number of aryl methyl sites for hydroxylation is 1. The van der Waals surface area contributed by atoms with E-state index in [2.05, 4.69) is 53.0 Å². The number of likely N-dealkylation sites (N-methyl/N-ethyl adjacent to an activating group) is 1. The molecule has 0 saturated heterocycles. The Morgan fingerprint density at radius 2 is 1.74 bits per heavy atom. The fraction of sp³-hybridized carbons (Fsp3) is 0.714. The molecule has 1 heterocycles. The van der Waals surface area contributed by atoms with Crippen LogP contribution in [0, 0.1) is 13.8 Å². The van der Waals surface area contributed by atoms with Gasteiger partial charge >= 0.3 is 0 Å². The van der Waals surface area contributed by atoms with E-state index in [-0.39, 0.29) is 0 Å². The number of nitrogens with one attached hydrogen (secondary N) is 1. The van der Waals surface area contributed by atoms with Gasteiger partial charge < -0.3 is 15.1 Å². The van der Waals surface area contributed by atoms with Crippen molar-refractivity contribution in [2.45, 2.75) is 27.2 Å². The molecule has 0 bridgehead atoms. The second-order valence-electron chi connectivity index (χ2n) is 5.11. The molecule has 19 heavy (non-hydrogen) atoms. The van der Waals surface area contributed by atoms with Crippen LogP contribution in [0.1, 0.15) is 24.7 Å². The van der Waals surface area contributed by atoms with E-state index < -0.39 is 0 Å². The molecule has 0 aliphatic carbocycles. The summed E-state index contributed by atoms with van der Waals surface area (Å²) >= 11 is 0. The van der Waals surface area contributed by atoms with Crippen LogP contribution in [0.5, 0.6) is 0 Å². The highest BCUT2D eigenvalue weighted by atomic mass is 15.2. The summed E-state index contributed by atoms with van der Waals surface area (Å²) in [4.78, 5) is 13.6. The van der Waals surface area contributed by atoms with Crippen molar-refractivity contribution in [1.82, 2.24) is 14.9 Å². The Morgan fingerprint density at radius 1 is 1.05 bits per heavy atom. The Labute approximate surface area is 117 Å². The van der Waals surface area contributed by atoms with Gasteiger partial charge in [-0.1, -0.05) is 6.92 Å². The number of hydrogen-bond acceptors (Lipinski definition) is 5. The van der Waals surface area contributed by atoms with Gasteiger partial charge in [-0.3, -0.25) is 0 Å². The molecular formula is C14H27N5. The molecule has 0 atom stereocenters. The first-order valence-corrected chi connectivity index (χ1v) is 6.92. The molecule has 0 radical (unpaired) electrons. The highest BCUT2D eigenvalue weighted by Gasteiger charge is 2.14. The van der Waals surface area contributed by atoms with Gasteiger partial charge in [0.05, 0.1) is 0 Å². The van der Waals surface area contributed by atoms with Crippen LogP contribution in [0.25, 0.3) is 0 Å². The Balaban J connectivity index is 3.03. The predicted molar refractivity (Wildman–Crippen MR) is 82.1 cm³/mol. The molecule has 0 unspecified atom stereocenters. The number of rotatable bonds is 7. The first kappa shape index (κ1) is 15.7. The molecule has 1 aromatic heterocycles. The molecule has 0 fully saturated rings. The molecule has 0 aliphatic rings. The normalized spacial score (nSPS) is 10.9. The molecule has 1 N–H and O–H groups in total. The van der Waals surface area contributed by atoms with E-state index in [1.54, 1.807) is 0 Å². The summed E-state index contributed by atoms with van der Waals surface area (Å²) in [6, 6.07) is 0. The molecule has 0 spiro atoms. The lowest BCUT2D eigenvalue weighted by molar-refractivity contribution is 0.412. The van der Waals surface area contributed by atoms with Gasteiger partial charge in [0.25, 0.3) is 0 Å². The predicted octanol–water partition coefficient (Wildman–Crippen LogP) is 1.91. The highest BCUT2D eigenvalue weighted by molar-refractivity contribution is 5.58. The molecule has 5 nitrogen and oxygen atoms in total. The quantitative estimate of drug-likeness (QED) is 0.816. The number of nitrogens with zero attached hydrogens (tertiary/aromatic N) is 4. The fourth-order valence-corrected chi connectivity index (χ4v) is 2.08. The zero-order chi connectivity index (χ0) is 14.4. The summed E-state index contributed by atoms with van der Waals surface area (Å²) in [5.74, 6) is 2.80. The van der Waals surface area contributed by atoms with Crippen LogP contribution in [0.15, 0.2) is 0 Å².